The smallest absolute Gasteiger partial charge is 0.354 e. The van der Waals surface area contributed by atoms with E-state index in [-0.39, 0.29) is 5.91 Å². The van der Waals surface area contributed by atoms with E-state index in [1.54, 1.807) is 6.07 Å². The Morgan fingerprint density at radius 3 is 2.38 bits per heavy atom. The van der Waals surface area contributed by atoms with Crippen molar-refractivity contribution in [2.75, 3.05) is 11.9 Å². The Kier molecular flexibility index (Phi) is 5.43. The summed E-state index contributed by atoms with van der Waals surface area (Å²) in [6.45, 7) is 4.53. The molecule has 0 saturated heterocycles. The Balaban J connectivity index is 2.08. The highest BCUT2D eigenvalue weighted by molar-refractivity contribution is 5.94. The van der Waals surface area contributed by atoms with Crippen LogP contribution < -0.4 is 10.6 Å². The van der Waals surface area contributed by atoms with Gasteiger partial charge in [0, 0.05) is 18.4 Å². The summed E-state index contributed by atoms with van der Waals surface area (Å²) in [6, 6.07) is 6.24. The molecule has 1 aromatic carbocycles. The molecule has 0 aliphatic rings. The SMILES string of the molecule is CC(C)CNC(=O)c1cncc(Nc2ccc(C(F)(F)F)cc2)c1. The summed E-state index contributed by atoms with van der Waals surface area (Å²) < 4.78 is 37.6. The average Bonchev–Trinajstić information content (AvgIpc) is 2.52. The number of halogens is 3. The van der Waals surface area contributed by atoms with Crippen LogP contribution in [0.5, 0.6) is 0 Å². The molecule has 128 valence electrons. The number of carbonyl (C=O) groups is 1. The van der Waals surface area contributed by atoms with Gasteiger partial charge in [0.1, 0.15) is 0 Å². The molecule has 24 heavy (non-hydrogen) atoms. The number of pyridine rings is 1. The normalized spacial score (nSPS) is 11.4. The van der Waals surface area contributed by atoms with Crippen LogP contribution in [0, 0.1) is 5.92 Å². The largest absolute Gasteiger partial charge is 0.416 e. The lowest BCUT2D eigenvalue weighted by atomic mass is 10.2. The van der Waals surface area contributed by atoms with Crippen LogP contribution in [-0.4, -0.2) is 17.4 Å². The minimum absolute atomic E-state index is 0.243. The van der Waals surface area contributed by atoms with Gasteiger partial charge in [-0.05, 0) is 36.2 Å². The van der Waals surface area contributed by atoms with Gasteiger partial charge in [-0.25, -0.2) is 0 Å². The first kappa shape index (κ1) is 17.8. The van der Waals surface area contributed by atoms with E-state index in [0.29, 0.717) is 29.4 Å². The van der Waals surface area contributed by atoms with Crippen LogP contribution in [0.25, 0.3) is 0 Å². The molecule has 1 heterocycles. The number of carbonyl (C=O) groups excluding carboxylic acids is 1. The molecule has 1 aromatic heterocycles. The second kappa shape index (κ2) is 7.33. The highest BCUT2D eigenvalue weighted by Gasteiger charge is 2.29. The van der Waals surface area contributed by atoms with Gasteiger partial charge in [0.15, 0.2) is 0 Å². The van der Waals surface area contributed by atoms with Gasteiger partial charge in [-0.3, -0.25) is 9.78 Å². The number of nitrogens with zero attached hydrogens (tertiary/aromatic N) is 1. The van der Waals surface area contributed by atoms with Crippen LogP contribution in [0.1, 0.15) is 29.8 Å². The minimum Gasteiger partial charge on any atom is -0.354 e. The zero-order chi connectivity index (χ0) is 17.7. The third-order valence-corrected chi connectivity index (χ3v) is 3.17. The fourth-order valence-electron chi connectivity index (χ4n) is 1.94. The summed E-state index contributed by atoms with van der Waals surface area (Å²) in [6.07, 6.45) is -1.43. The van der Waals surface area contributed by atoms with Crippen molar-refractivity contribution in [1.29, 1.82) is 0 Å². The van der Waals surface area contributed by atoms with E-state index in [9.17, 15) is 18.0 Å². The quantitative estimate of drug-likeness (QED) is 0.858. The maximum absolute atomic E-state index is 12.5. The topological polar surface area (TPSA) is 54.0 Å². The van der Waals surface area contributed by atoms with Crippen molar-refractivity contribution in [2.45, 2.75) is 20.0 Å². The van der Waals surface area contributed by atoms with Gasteiger partial charge in [-0.15, -0.1) is 0 Å². The zero-order valence-corrected chi connectivity index (χ0v) is 13.3. The predicted molar refractivity (Wildman–Crippen MR) is 86.1 cm³/mol. The van der Waals surface area contributed by atoms with Crippen LogP contribution in [0.15, 0.2) is 42.7 Å². The fraction of sp³-hybridized carbons (Fsp3) is 0.294. The number of alkyl halides is 3. The Bertz CT molecular complexity index is 697. The third kappa shape index (κ3) is 4.97. The van der Waals surface area contributed by atoms with Gasteiger partial charge in [0.2, 0.25) is 0 Å². The van der Waals surface area contributed by atoms with E-state index in [4.69, 9.17) is 0 Å². The van der Waals surface area contributed by atoms with Crippen molar-refractivity contribution in [3.63, 3.8) is 0 Å². The molecule has 2 rings (SSSR count). The molecule has 7 heteroatoms. The van der Waals surface area contributed by atoms with Gasteiger partial charge >= 0.3 is 6.18 Å². The van der Waals surface area contributed by atoms with Crippen molar-refractivity contribution >= 4 is 17.3 Å². The van der Waals surface area contributed by atoms with Crippen molar-refractivity contribution in [2.24, 2.45) is 5.92 Å². The van der Waals surface area contributed by atoms with Gasteiger partial charge in [0.25, 0.3) is 5.91 Å². The number of nitrogens with one attached hydrogen (secondary N) is 2. The molecule has 1 amide bonds. The molecule has 0 radical (unpaired) electrons. The van der Waals surface area contributed by atoms with Gasteiger partial charge in [-0.1, -0.05) is 13.8 Å². The number of amides is 1. The Hall–Kier alpha value is -2.57. The second-order valence-electron chi connectivity index (χ2n) is 5.77. The Morgan fingerprint density at radius 2 is 1.79 bits per heavy atom. The molecular formula is C17H18F3N3O. The Morgan fingerprint density at radius 1 is 1.12 bits per heavy atom. The van der Waals surface area contributed by atoms with E-state index < -0.39 is 11.7 Å². The lowest BCUT2D eigenvalue weighted by molar-refractivity contribution is -0.137. The van der Waals surface area contributed by atoms with Crippen LogP contribution in [0.2, 0.25) is 0 Å². The van der Waals surface area contributed by atoms with Crippen molar-refractivity contribution in [1.82, 2.24) is 10.3 Å². The second-order valence-corrected chi connectivity index (χ2v) is 5.77. The zero-order valence-electron chi connectivity index (χ0n) is 13.3. The number of aromatic nitrogens is 1. The van der Waals surface area contributed by atoms with Crippen molar-refractivity contribution in [3.8, 4) is 0 Å². The monoisotopic (exact) mass is 337 g/mol. The third-order valence-electron chi connectivity index (χ3n) is 3.17. The van der Waals surface area contributed by atoms with Crippen LogP contribution in [0.3, 0.4) is 0 Å². The predicted octanol–water partition coefficient (Wildman–Crippen LogP) is 4.23. The molecule has 0 atom stereocenters. The van der Waals surface area contributed by atoms with Crippen molar-refractivity contribution < 1.29 is 18.0 Å². The van der Waals surface area contributed by atoms with E-state index >= 15 is 0 Å². The molecule has 4 nitrogen and oxygen atoms in total. The molecule has 0 aliphatic heterocycles. The standard InChI is InChI=1S/C17H18F3N3O/c1-11(2)8-22-16(24)12-7-15(10-21-9-12)23-14-5-3-13(4-6-14)17(18,19)20/h3-7,9-11,23H,8H2,1-2H3,(H,22,24). The summed E-state index contributed by atoms with van der Waals surface area (Å²) >= 11 is 0. The summed E-state index contributed by atoms with van der Waals surface area (Å²) in [5.41, 5.74) is 0.664. The molecule has 2 aromatic rings. The minimum atomic E-state index is -4.37. The first-order chi connectivity index (χ1) is 11.3. The van der Waals surface area contributed by atoms with E-state index in [2.05, 4.69) is 15.6 Å². The summed E-state index contributed by atoms with van der Waals surface area (Å²) in [7, 11) is 0. The van der Waals surface area contributed by atoms with Crippen molar-refractivity contribution in [3.05, 3.63) is 53.9 Å². The highest BCUT2D eigenvalue weighted by Crippen LogP contribution is 2.30. The average molecular weight is 337 g/mol. The molecule has 0 spiro atoms. The van der Waals surface area contributed by atoms with E-state index in [1.807, 2.05) is 13.8 Å². The molecular weight excluding hydrogens is 319 g/mol. The molecule has 0 unspecified atom stereocenters. The van der Waals surface area contributed by atoms with Crippen LogP contribution >= 0.6 is 0 Å². The lowest BCUT2D eigenvalue weighted by Crippen LogP contribution is -2.27. The first-order valence-corrected chi connectivity index (χ1v) is 7.43. The molecule has 0 aliphatic carbocycles. The fourth-order valence-corrected chi connectivity index (χ4v) is 1.94. The summed E-state index contributed by atoms with van der Waals surface area (Å²) in [5.74, 6) is 0.0858. The van der Waals surface area contributed by atoms with Crippen LogP contribution in [-0.2, 0) is 6.18 Å². The Labute approximate surface area is 138 Å². The van der Waals surface area contributed by atoms with Gasteiger partial charge in [-0.2, -0.15) is 13.2 Å². The number of anilines is 2. The van der Waals surface area contributed by atoms with Gasteiger partial charge in [0.05, 0.1) is 23.0 Å². The highest BCUT2D eigenvalue weighted by atomic mass is 19.4. The summed E-state index contributed by atoms with van der Waals surface area (Å²) in [5, 5.41) is 5.71. The lowest BCUT2D eigenvalue weighted by Gasteiger charge is -2.11. The first-order valence-electron chi connectivity index (χ1n) is 7.43. The molecule has 0 fully saturated rings. The van der Waals surface area contributed by atoms with E-state index in [0.717, 1.165) is 12.1 Å². The molecule has 0 saturated carbocycles. The molecule has 2 N–H and O–H groups in total. The number of benzene rings is 1. The van der Waals surface area contributed by atoms with E-state index in [1.165, 1.54) is 24.5 Å². The number of hydrogen-bond donors (Lipinski definition) is 2. The number of rotatable bonds is 5. The maximum atomic E-state index is 12.5. The van der Waals surface area contributed by atoms with Crippen LogP contribution in [0.4, 0.5) is 24.5 Å². The number of hydrogen-bond acceptors (Lipinski definition) is 3. The summed E-state index contributed by atoms with van der Waals surface area (Å²) in [4.78, 5) is 16.0. The molecule has 0 bridgehead atoms. The maximum Gasteiger partial charge on any atom is 0.416 e. The van der Waals surface area contributed by atoms with Gasteiger partial charge < -0.3 is 10.6 Å².